The monoisotopic (exact) mass is 186 g/mol. The number of likely N-dealkylation sites (tertiary alicyclic amines) is 1. The number of esters is 1. The van der Waals surface area contributed by atoms with Gasteiger partial charge in [-0.25, -0.2) is 0 Å². The first-order valence-corrected chi connectivity index (χ1v) is 4.81. The van der Waals surface area contributed by atoms with Gasteiger partial charge in [0.2, 0.25) is 0 Å². The predicted molar refractivity (Wildman–Crippen MR) is 50.3 cm³/mol. The molecule has 1 aliphatic rings. The third kappa shape index (κ3) is 2.67. The fraction of sp³-hybridized carbons (Fsp3) is 0.889. The number of hydrogen-bond donors (Lipinski definition) is 1. The van der Waals surface area contributed by atoms with Crippen LogP contribution in [0.5, 0.6) is 0 Å². The number of rotatable bonds is 3. The Labute approximate surface area is 79.0 Å². The Morgan fingerprint density at radius 3 is 2.54 bits per heavy atom. The van der Waals surface area contributed by atoms with Gasteiger partial charge in [0.1, 0.15) is 6.04 Å². The molecule has 0 spiro atoms. The lowest BCUT2D eigenvalue weighted by Gasteiger charge is -2.31. The Morgan fingerprint density at radius 1 is 1.46 bits per heavy atom. The van der Waals surface area contributed by atoms with E-state index in [4.69, 9.17) is 10.5 Å². The highest BCUT2D eigenvalue weighted by Crippen LogP contribution is 2.12. The number of nitrogens with two attached hydrogens (primary N) is 1. The van der Waals surface area contributed by atoms with E-state index in [0.29, 0.717) is 6.54 Å². The third-order valence-electron chi connectivity index (χ3n) is 2.53. The summed E-state index contributed by atoms with van der Waals surface area (Å²) in [6, 6.07) is -0.231. The fourth-order valence-electron chi connectivity index (χ4n) is 1.76. The van der Waals surface area contributed by atoms with Crippen molar-refractivity contribution >= 4 is 5.97 Å². The molecule has 1 fully saturated rings. The van der Waals surface area contributed by atoms with E-state index in [1.54, 1.807) is 0 Å². The minimum Gasteiger partial charge on any atom is -0.468 e. The predicted octanol–water partition coefficient (Wildman–Crippen LogP) is -0.0274. The van der Waals surface area contributed by atoms with Crippen LogP contribution in [-0.4, -0.2) is 43.7 Å². The van der Waals surface area contributed by atoms with E-state index >= 15 is 0 Å². The molecule has 1 atom stereocenters. The molecule has 0 unspecified atom stereocenters. The van der Waals surface area contributed by atoms with Gasteiger partial charge in [0.05, 0.1) is 7.11 Å². The summed E-state index contributed by atoms with van der Waals surface area (Å²) in [5, 5.41) is 0. The van der Waals surface area contributed by atoms with E-state index in [1.165, 1.54) is 13.5 Å². The van der Waals surface area contributed by atoms with Crippen LogP contribution in [0.15, 0.2) is 0 Å². The zero-order valence-electron chi connectivity index (χ0n) is 8.16. The maximum atomic E-state index is 11.3. The molecule has 0 aromatic heterocycles. The van der Waals surface area contributed by atoms with Crippen molar-refractivity contribution in [3.8, 4) is 0 Å². The van der Waals surface area contributed by atoms with Crippen LogP contribution in [0, 0.1) is 0 Å². The topological polar surface area (TPSA) is 55.6 Å². The maximum absolute atomic E-state index is 11.3. The van der Waals surface area contributed by atoms with Crippen LogP contribution in [-0.2, 0) is 9.53 Å². The molecular formula is C9H18N2O2. The number of methoxy groups -OCH3 is 1. The largest absolute Gasteiger partial charge is 0.468 e. The normalized spacial score (nSPS) is 21.1. The third-order valence-corrected chi connectivity index (χ3v) is 2.53. The second-order valence-electron chi connectivity index (χ2n) is 3.37. The fourth-order valence-corrected chi connectivity index (χ4v) is 1.76. The number of carbonyl (C=O) groups is 1. The first-order valence-electron chi connectivity index (χ1n) is 4.81. The summed E-state index contributed by atoms with van der Waals surface area (Å²) in [6.07, 6.45) is 3.58. The van der Waals surface area contributed by atoms with Gasteiger partial charge in [0.15, 0.2) is 0 Å². The number of ether oxygens (including phenoxy) is 1. The van der Waals surface area contributed by atoms with Crippen LogP contribution in [0.3, 0.4) is 0 Å². The van der Waals surface area contributed by atoms with Crippen LogP contribution in [0.4, 0.5) is 0 Å². The Kier molecular flexibility index (Phi) is 4.18. The van der Waals surface area contributed by atoms with Crippen molar-refractivity contribution in [3.63, 3.8) is 0 Å². The van der Waals surface area contributed by atoms with Crippen LogP contribution in [0.1, 0.15) is 19.3 Å². The molecule has 0 amide bonds. The van der Waals surface area contributed by atoms with Gasteiger partial charge in [-0.05, 0) is 25.9 Å². The smallest absolute Gasteiger partial charge is 0.324 e. The summed E-state index contributed by atoms with van der Waals surface area (Å²) in [4.78, 5) is 13.4. The highest BCUT2D eigenvalue weighted by molar-refractivity contribution is 5.75. The zero-order chi connectivity index (χ0) is 9.68. The van der Waals surface area contributed by atoms with Crippen molar-refractivity contribution in [2.45, 2.75) is 25.3 Å². The van der Waals surface area contributed by atoms with Crippen molar-refractivity contribution in [1.82, 2.24) is 4.90 Å². The maximum Gasteiger partial charge on any atom is 0.324 e. The Balaban J connectivity index is 2.48. The van der Waals surface area contributed by atoms with Crippen LogP contribution in [0.25, 0.3) is 0 Å². The number of piperidine rings is 1. The molecule has 2 N–H and O–H groups in total. The molecule has 0 bridgehead atoms. The number of carbonyl (C=O) groups excluding carboxylic acids is 1. The van der Waals surface area contributed by atoms with Gasteiger partial charge in [0, 0.05) is 6.54 Å². The molecule has 4 heteroatoms. The van der Waals surface area contributed by atoms with Gasteiger partial charge in [-0.1, -0.05) is 6.42 Å². The first-order chi connectivity index (χ1) is 6.29. The van der Waals surface area contributed by atoms with Crippen molar-refractivity contribution in [1.29, 1.82) is 0 Å². The van der Waals surface area contributed by atoms with E-state index in [0.717, 1.165) is 25.9 Å². The van der Waals surface area contributed by atoms with Crippen LogP contribution < -0.4 is 5.73 Å². The Hall–Kier alpha value is -0.610. The molecule has 0 radical (unpaired) electrons. The first kappa shape index (κ1) is 10.5. The molecule has 13 heavy (non-hydrogen) atoms. The number of nitrogens with zero attached hydrogens (tertiary/aromatic N) is 1. The molecule has 76 valence electrons. The summed E-state index contributed by atoms with van der Waals surface area (Å²) >= 11 is 0. The standard InChI is InChI=1S/C9H18N2O2/c1-13-9(12)8(7-10)11-5-3-2-4-6-11/h8H,2-7,10H2,1H3/t8-/m0/s1. The quantitative estimate of drug-likeness (QED) is 0.629. The molecular weight excluding hydrogens is 168 g/mol. The van der Waals surface area contributed by atoms with Gasteiger partial charge < -0.3 is 10.5 Å². The van der Waals surface area contributed by atoms with Gasteiger partial charge >= 0.3 is 5.97 Å². The molecule has 4 nitrogen and oxygen atoms in total. The van der Waals surface area contributed by atoms with E-state index in [1.807, 2.05) is 0 Å². The van der Waals surface area contributed by atoms with E-state index in [-0.39, 0.29) is 12.0 Å². The van der Waals surface area contributed by atoms with Gasteiger partial charge in [-0.15, -0.1) is 0 Å². The molecule has 0 saturated carbocycles. The van der Waals surface area contributed by atoms with E-state index in [2.05, 4.69) is 4.90 Å². The van der Waals surface area contributed by atoms with E-state index in [9.17, 15) is 4.79 Å². The van der Waals surface area contributed by atoms with E-state index < -0.39 is 0 Å². The highest BCUT2D eigenvalue weighted by Gasteiger charge is 2.26. The van der Waals surface area contributed by atoms with Crippen LogP contribution in [0.2, 0.25) is 0 Å². The Morgan fingerprint density at radius 2 is 2.08 bits per heavy atom. The molecule has 1 heterocycles. The van der Waals surface area contributed by atoms with Crippen LogP contribution >= 0.6 is 0 Å². The summed E-state index contributed by atoms with van der Waals surface area (Å²) in [5.74, 6) is -0.204. The number of hydrogen-bond acceptors (Lipinski definition) is 4. The average molecular weight is 186 g/mol. The lowest BCUT2D eigenvalue weighted by atomic mass is 10.1. The zero-order valence-corrected chi connectivity index (χ0v) is 8.16. The van der Waals surface area contributed by atoms with Crippen molar-refractivity contribution in [2.24, 2.45) is 5.73 Å². The molecule has 1 aliphatic heterocycles. The SMILES string of the molecule is COC(=O)[C@H](CN)N1CCCCC1. The molecule has 1 rings (SSSR count). The highest BCUT2D eigenvalue weighted by atomic mass is 16.5. The summed E-state index contributed by atoms with van der Waals surface area (Å²) < 4.78 is 4.70. The van der Waals surface area contributed by atoms with Crippen molar-refractivity contribution in [2.75, 3.05) is 26.7 Å². The summed E-state index contributed by atoms with van der Waals surface area (Å²) in [7, 11) is 1.41. The summed E-state index contributed by atoms with van der Waals surface area (Å²) in [6.45, 7) is 2.29. The molecule has 0 aliphatic carbocycles. The van der Waals surface area contributed by atoms with Crippen molar-refractivity contribution in [3.05, 3.63) is 0 Å². The minimum absolute atomic E-state index is 0.204. The second-order valence-corrected chi connectivity index (χ2v) is 3.37. The lowest BCUT2D eigenvalue weighted by Crippen LogP contribution is -2.48. The van der Waals surface area contributed by atoms with Crippen molar-refractivity contribution < 1.29 is 9.53 Å². The summed E-state index contributed by atoms with van der Waals surface area (Å²) in [5.41, 5.74) is 5.54. The average Bonchev–Trinajstić information content (AvgIpc) is 2.20. The van der Waals surface area contributed by atoms with Gasteiger partial charge in [-0.3, -0.25) is 9.69 Å². The van der Waals surface area contributed by atoms with Gasteiger partial charge in [0.25, 0.3) is 0 Å². The molecule has 0 aromatic rings. The molecule has 1 saturated heterocycles. The Bertz CT molecular complexity index is 167. The second kappa shape index (κ2) is 5.19. The lowest BCUT2D eigenvalue weighted by molar-refractivity contribution is -0.147. The van der Waals surface area contributed by atoms with Gasteiger partial charge in [-0.2, -0.15) is 0 Å². The molecule has 0 aromatic carbocycles. The minimum atomic E-state index is -0.231.